The molecular weight excluding hydrogens is 202 g/mol. The molecule has 1 unspecified atom stereocenters. The molecule has 0 heterocycles. The van der Waals surface area contributed by atoms with Gasteiger partial charge in [0.25, 0.3) is 0 Å². The second-order valence-electron chi connectivity index (χ2n) is 4.76. The molecule has 3 heteroatoms. The Morgan fingerprint density at radius 2 is 2.06 bits per heavy atom. The summed E-state index contributed by atoms with van der Waals surface area (Å²) in [5.74, 6) is 0.437. The highest BCUT2D eigenvalue weighted by Gasteiger charge is 2.26. The van der Waals surface area contributed by atoms with E-state index >= 15 is 0 Å². The monoisotopic (exact) mass is 227 g/mol. The Labute approximate surface area is 99.1 Å². The van der Waals surface area contributed by atoms with Gasteiger partial charge in [0.15, 0.2) is 0 Å². The summed E-state index contributed by atoms with van der Waals surface area (Å²) in [6, 6.07) is 1.18. The van der Waals surface area contributed by atoms with Crippen LogP contribution in [0.25, 0.3) is 0 Å². The van der Waals surface area contributed by atoms with E-state index in [1.54, 1.807) is 7.11 Å². The number of hydrogen-bond donors (Lipinski definition) is 0. The van der Waals surface area contributed by atoms with Crippen molar-refractivity contribution in [2.24, 2.45) is 0 Å². The lowest BCUT2D eigenvalue weighted by molar-refractivity contribution is -0.121. The van der Waals surface area contributed by atoms with E-state index in [0.717, 1.165) is 45.3 Å². The van der Waals surface area contributed by atoms with E-state index in [1.807, 2.05) is 0 Å². The van der Waals surface area contributed by atoms with Crippen molar-refractivity contribution in [1.82, 2.24) is 4.90 Å². The van der Waals surface area contributed by atoms with Crippen molar-refractivity contribution in [2.45, 2.75) is 58.0 Å². The third-order valence-corrected chi connectivity index (χ3v) is 3.69. The SMILES string of the molecule is CCC(C)N(CCOC)C1CCC(=O)CC1. The number of ether oxygens (including phenoxy) is 1. The number of carbonyl (C=O) groups is 1. The summed E-state index contributed by atoms with van der Waals surface area (Å²) >= 11 is 0. The van der Waals surface area contributed by atoms with Crippen LogP contribution in [-0.4, -0.2) is 43.0 Å². The predicted molar refractivity (Wildman–Crippen MR) is 65.6 cm³/mol. The molecule has 1 aliphatic carbocycles. The fourth-order valence-corrected chi connectivity index (χ4v) is 2.45. The normalized spacial score (nSPS) is 20.4. The highest BCUT2D eigenvalue weighted by molar-refractivity contribution is 5.79. The van der Waals surface area contributed by atoms with Gasteiger partial charge in [0.2, 0.25) is 0 Å². The van der Waals surface area contributed by atoms with Gasteiger partial charge in [-0.25, -0.2) is 0 Å². The maximum atomic E-state index is 11.2. The fourth-order valence-electron chi connectivity index (χ4n) is 2.45. The lowest BCUT2D eigenvalue weighted by atomic mass is 9.92. The van der Waals surface area contributed by atoms with Crippen molar-refractivity contribution in [1.29, 1.82) is 0 Å². The molecule has 0 aliphatic heterocycles. The topological polar surface area (TPSA) is 29.5 Å². The van der Waals surface area contributed by atoms with Gasteiger partial charge >= 0.3 is 0 Å². The van der Waals surface area contributed by atoms with Crippen LogP contribution in [0.3, 0.4) is 0 Å². The molecule has 0 aromatic rings. The average Bonchev–Trinajstić information content (AvgIpc) is 2.31. The molecule has 1 fully saturated rings. The third-order valence-electron chi connectivity index (χ3n) is 3.69. The van der Waals surface area contributed by atoms with Crippen LogP contribution in [0.15, 0.2) is 0 Å². The van der Waals surface area contributed by atoms with E-state index in [1.165, 1.54) is 0 Å². The maximum absolute atomic E-state index is 11.2. The van der Waals surface area contributed by atoms with Crippen LogP contribution in [-0.2, 0) is 9.53 Å². The molecule has 0 N–H and O–H groups in total. The highest BCUT2D eigenvalue weighted by Crippen LogP contribution is 2.23. The Hall–Kier alpha value is -0.410. The first-order valence-corrected chi connectivity index (χ1v) is 6.45. The van der Waals surface area contributed by atoms with Crippen LogP contribution in [0.5, 0.6) is 0 Å². The van der Waals surface area contributed by atoms with Gasteiger partial charge in [-0.3, -0.25) is 9.69 Å². The zero-order chi connectivity index (χ0) is 12.0. The Morgan fingerprint density at radius 1 is 1.44 bits per heavy atom. The van der Waals surface area contributed by atoms with Crippen LogP contribution in [0.2, 0.25) is 0 Å². The molecule has 0 amide bonds. The van der Waals surface area contributed by atoms with Gasteiger partial charge in [-0.15, -0.1) is 0 Å². The molecule has 1 aliphatic rings. The number of methoxy groups -OCH3 is 1. The van der Waals surface area contributed by atoms with E-state index in [9.17, 15) is 4.79 Å². The summed E-state index contributed by atoms with van der Waals surface area (Å²) in [6.45, 7) is 6.27. The zero-order valence-electron chi connectivity index (χ0n) is 10.9. The van der Waals surface area contributed by atoms with E-state index in [4.69, 9.17) is 4.74 Å². The Kier molecular flexibility index (Phi) is 5.99. The van der Waals surface area contributed by atoms with Gasteiger partial charge in [-0.05, 0) is 26.2 Å². The molecule has 1 atom stereocenters. The standard InChI is InChI=1S/C13H25NO2/c1-4-11(2)14(9-10-16-3)12-5-7-13(15)8-6-12/h11-12H,4-10H2,1-3H3. The smallest absolute Gasteiger partial charge is 0.133 e. The van der Waals surface area contributed by atoms with E-state index in [-0.39, 0.29) is 0 Å². The van der Waals surface area contributed by atoms with E-state index < -0.39 is 0 Å². The number of ketones is 1. The van der Waals surface area contributed by atoms with Crippen LogP contribution >= 0.6 is 0 Å². The van der Waals surface area contributed by atoms with Gasteiger partial charge in [-0.1, -0.05) is 6.92 Å². The molecular formula is C13H25NO2. The minimum atomic E-state index is 0.437. The highest BCUT2D eigenvalue weighted by atomic mass is 16.5. The molecule has 1 rings (SSSR count). The van der Waals surface area contributed by atoms with Crippen molar-refractivity contribution in [3.8, 4) is 0 Å². The summed E-state index contributed by atoms with van der Waals surface area (Å²) in [6.07, 6.45) is 4.77. The summed E-state index contributed by atoms with van der Waals surface area (Å²) < 4.78 is 5.17. The molecule has 94 valence electrons. The molecule has 0 aromatic heterocycles. The second kappa shape index (κ2) is 7.02. The van der Waals surface area contributed by atoms with Gasteiger partial charge in [0, 0.05) is 38.6 Å². The van der Waals surface area contributed by atoms with Gasteiger partial charge in [0.1, 0.15) is 5.78 Å². The summed E-state index contributed by atoms with van der Waals surface area (Å²) in [5.41, 5.74) is 0. The van der Waals surface area contributed by atoms with E-state index in [0.29, 0.717) is 17.9 Å². The second-order valence-corrected chi connectivity index (χ2v) is 4.76. The van der Waals surface area contributed by atoms with E-state index in [2.05, 4.69) is 18.7 Å². The van der Waals surface area contributed by atoms with Crippen molar-refractivity contribution in [2.75, 3.05) is 20.3 Å². The minimum Gasteiger partial charge on any atom is -0.383 e. The number of nitrogens with zero attached hydrogens (tertiary/aromatic N) is 1. The summed E-state index contributed by atoms with van der Waals surface area (Å²) in [7, 11) is 1.75. The Balaban J connectivity index is 2.50. The minimum absolute atomic E-state index is 0.437. The number of Topliss-reactive ketones (excluding diaryl/α,β-unsaturated/α-hetero) is 1. The summed E-state index contributed by atoms with van der Waals surface area (Å²) in [4.78, 5) is 13.8. The fraction of sp³-hybridized carbons (Fsp3) is 0.923. The first kappa shape index (κ1) is 13.7. The Bertz CT molecular complexity index is 208. The Morgan fingerprint density at radius 3 is 2.56 bits per heavy atom. The molecule has 0 saturated heterocycles. The van der Waals surface area contributed by atoms with Crippen molar-refractivity contribution < 1.29 is 9.53 Å². The molecule has 0 spiro atoms. The number of rotatable bonds is 6. The molecule has 0 radical (unpaired) electrons. The van der Waals surface area contributed by atoms with Crippen molar-refractivity contribution >= 4 is 5.78 Å². The first-order valence-electron chi connectivity index (χ1n) is 6.45. The average molecular weight is 227 g/mol. The molecule has 1 saturated carbocycles. The first-order chi connectivity index (χ1) is 7.69. The van der Waals surface area contributed by atoms with Gasteiger partial charge in [0.05, 0.1) is 6.61 Å². The summed E-state index contributed by atoms with van der Waals surface area (Å²) in [5, 5.41) is 0. The molecule has 16 heavy (non-hydrogen) atoms. The lowest BCUT2D eigenvalue weighted by Gasteiger charge is -2.37. The van der Waals surface area contributed by atoms with Crippen LogP contribution in [0.4, 0.5) is 0 Å². The molecule has 0 bridgehead atoms. The van der Waals surface area contributed by atoms with Crippen molar-refractivity contribution in [3.63, 3.8) is 0 Å². The van der Waals surface area contributed by atoms with Crippen LogP contribution in [0.1, 0.15) is 46.0 Å². The van der Waals surface area contributed by atoms with Crippen molar-refractivity contribution in [3.05, 3.63) is 0 Å². The van der Waals surface area contributed by atoms with Gasteiger partial charge in [-0.2, -0.15) is 0 Å². The van der Waals surface area contributed by atoms with Crippen LogP contribution in [0, 0.1) is 0 Å². The largest absolute Gasteiger partial charge is 0.383 e. The number of hydrogen-bond acceptors (Lipinski definition) is 3. The lowest BCUT2D eigenvalue weighted by Crippen LogP contribution is -2.45. The predicted octanol–water partition coefficient (Wildman–Crippen LogP) is 2.25. The molecule has 0 aromatic carbocycles. The quantitative estimate of drug-likeness (QED) is 0.697. The van der Waals surface area contributed by atoms with Gasteiger partial charge < -0.3 is 4.74 Å². The maximum Gasteiger partial charge on any atom is 0.133 e. The third kappa shape index (κ3) is 3.87. The molecule has 3 nitrogen and oxygen atoms in total. The number of carbonyl (C=O) groups excluding carboxylic acids is 1. The zero-order valence-corrected chi connectivity index (χ0v) is 10.9. The van der Waals surface area contributed by atoms with Crippen LogP contribution < -0.4 is 0 Å².